The molecular weight excluding hydrogens is 506 g/mol. The highest BCUT2D eigenvalue weighted by Gasteiger charge is 2.18. The van der Waals surface area contributed by atoms with Crippen LogP contribution in [0.1, 0.15) is 0 Å². The van der Waals surface area contributed by atoms with E-state index in [1.165, 1.54) is 0 Å². The Bertz CT molecular complexity index is 2200. The Morgan fingerprint density at radius 2 is 1.18 bits per heavy atom. The third kappa shape index (κ3) is 3.59. The first-order valence-corrected chi connectivity index (χ1v) is 12.9. The van der Waals surface area contributed by atoms with Crippen LogP contribution in [0.15, 0.2) is 118 Å². The minimum atomic E-state index is 0.542. The molecule has 0 aliphatic carbocycles. The summed E-state index contributed by atoms with van der Waals surface area (Å²) in [6.45, 7) is 0. The van der Waals surface area contributed by atoms with Crippen molar-refractivity contribution in [2.24, 2.45) is 0 Å². The maximum absolute atomic E-state index is 6.30. The molecule has 39 heavy (non-hydrogen) atoms. The number of rotatable bonds is 3. The molecule has 0 spiro atoms. The van der Waals surface area contributed by atoms with E-state index in [9.17, 15) is 0 Å². The van der Waals surface area contributed by atoms with E-state index in [1.54, 1.807) is 0 Å². The van der Waals surface area contributed by atoms with E-state index in [0.717, 1.165) is 60.6 Å². The van der Waals surface area contributed by atoms with Gasteiger partial charge in [-0.05, 0) is 42.5 Å². The lowest BCUT2D eigenvalue weighted by Crippen LogP contribution is -2.00. The first-order chi connectivity index (χ1) is 19.2. The quantitative estimate of drug-likeness (QED) is 0.231. The summed E-state index contributed by atoms with van der Waals surface area (Å²) < 4.78 is 12.4. The van der Waals surface area contributed by atoms with Gasteiger partial charge in [0, 0.05) is 37.7 Å². The number of hydrogen-bond donors (Lipinski definition) is 0. The van der Waals surface area contributed by atoms with E-state index in [4.69, 9.17) is 35.4 Å². The number of furan rings is 2. The molecule has 0 N–H and O–H groups in total. The van der Waals surface area contributed by atoms with E-state index < -0.39 is 0 Å². The number of aromatic nitrogens is 3. The van der Waals surface area contributed by atoms with Crippen molar-refractivity contribution < 1.29 is 8.83 Å². The van der Waals surface area contributed by atoms with Gasteiger partial charge in [0.05, 0.1) is 5.56 Å². The molecule has 6 heteroatoms. The van der Waals surface area contributed by atoms with Crippen molar-refractivity contribution in [2.75, 3.05) is 0 Å². The van der Waals surface area contributed by atoms with Crippen LogP contribution in [-0.4, -0.2) is 15.0 Å². The molecule has 8 rings (SSSR count). The molecule has 3 heterocycles. The molecule has 3 aromatic heterocycles. The summed E-state index contributed by atoms with van der Waals surface area (Å²) in [4.78, 5) is 14.7. The fourth-order valence-corrected chi connectivity index (χ4v) is 5.33. The van der Waals surface area contributed by atoms with Crippen molar-refractivity contribution in [2.45, 2.75) is 0 Å². The maximum atomic E-state index is 6.30. The molecule has 0 amide bonds. The zero-order valence-corrected chi connectivity index (χ0v) is 21.2. The lowest BCUT2D eigenvalue weighted by atomic mass is 10.1. The highest BCUT2D eigenvalue weighted by molar-refractivity contribution is 6.31. The van der Waals surface area contributed by atoms with E-state index in [2.05, 4.69) is 12.1 Å². The normalized spacial score (nSPS) is 11.7. The number of benzene rings is 5. The van der Waals surface area contributed by atoms with Crippen LogP contribution in [0.3, 0.4) is 0 Å². The molecular formula is C33H18ClN3O2. The van der Waals surface area contributed by atoms with Gasteiger partial charge in [0.2, 0.25) is 0 Å². The molecule has 0 aliphatic rings. The molecule has 0 bridgehead atoms. The summed E-state index contributed by atoms with van der Waals surface area (Å²) in [6.07, 6.45) is 0. The van der Waals surface area contributed by atoms with E-state index in [1.807, 2.05) is 97.1 Å². The number of nitrogens with zero attached hydrogens (tertiary/aromatic N) is 3. The van der Waals surface area contributed by atoms with Crippen LogP contribution < -0.4 is 0 Å². The van der Waals surface area contributed by atoms with Crippen LogP contribution in [0, 0.1) is 0 Å². The first-order valence-electron chi connectivity index (χ1n) is 12.6. The Morgan fingerprint density at radius 3 is 2.08 bits per heavy atom. The fourth-order valence-electron chi connectivity index (χ4n) is 5.15. The zero-order chi connectivity index (χ0) is 25.9. The van der Waals surface area contributed by atoms with Gasteiger partial charge in [0.1, 0.15) is 22.3 Å². The number of hydrogen-bond acceptors (Lipinski definition) is 5. The molecule has 0 unspecified atom stereocenters. The van der Waals surface area contributed by atoms with Gasteiger partial charge in [-0.3, -0.25) is 0 Å². The van der Waals surface area contributed by atoms with Gasteiger partial charge >= 0.3 is 0 Å². The minimum absolute atomic E-state index is 0.542. The van der Waals surface area contributed by atoms with Crippen LogP contribution in [0.4, 0.5) is 0 Å². The van der Waals surface area contributed by atoms with Gasteiger partial charge in [-0.25, -0.2) is 15.0 Å². The van der Waals surface area contributed by atoms with E-state index in [0.29, 0.717) is 22.5 Å². The third-order valence-electron chi connectivity index (χ3n) is 7.00. The average molecular weight is 524 g/mol. The SMILES string of the molecule is Clc1ccc2oc3cc(-c4nc(-c5ccccc5)nc(-c5cccc6c5oc5ccccc56)n4)ccc3c2c1. The molecule has 0 aliphatic heterocycles. The third-order valence-corrected chi connectivity index (χ3v) is 7.24. The largest absolute Gasteiger partial charge is 0.456 e. The standard InChI is InChI=1S/C33H18ClN3O2/c34-21-14-16-28-26(18-21)23-15-13-20(17-29(23)38-28)32-35-31(19-7-2-1-3-8-19)36-33(37-32)25-11-6-10-24-22-9-4-5-12-27(22)39-30(24)25/h1-18H. The van der Waals surface area contributed by atoms with Crippen LogP contribution in [0.5, 0.6) is 0 Å². The molecule has 0 fully saturated rings. The predicted molar refractivity (Wildman–Crippen MR) is 156 cm³/mol. The molecule has 5 aromatic carbocycles. The summed E-state index contributed by atoms with van der Waals surface area (Å²) in [7, 11) is 0. The number of para-hydroxylation sites is 2. The fraction of sp³-hybridized carbons (Fsp3) is 0. The maximum Gasteiger partial charge on any atom is 0.167 e. The van der Waals surface area contributed by atoms with Gasteiger partial charge in [-0.1, -0.05) is 78.3 Å². The van der Waals surface area contributed by atoms with Crippen molar-refractivity contribution in [3.8, 4) is 34.2 Å². The van der Waals surface area contributed by atoms with E-state index in [-0.39, 0.29) is 0 Å². The second kappa shape index (κ2) is 8.51. The molecule has 8 aromatic rings. The Balaban J connectivity index is 1.37. The van der Waals surface area contributed by atoms with E-state index >= 15 is 0 Å². The molecule has 5 nitrogen and oxygen atoms in total. The topological polar surface area (TPSA) is 65.0 Å². The smallest absolute Gasteiger partial charge is 0.167 e. The molecule has 0 radical (unpaired) electrons. The van der Waals surface area contributed by atoms with Gasteiger partial charge in [0.15, 0.2) is 17.5 Å². The Hall–Kier alpha value is -5.00. The number of halogens is 1. The highest BCUT2D eigenvalue weighted by atomic mass is 35.5. The van der Waals surface area contributed by atoms with Gasteiger partial charge < -0.3 is 8.83 Å². The lowest BCUT2D eigenvalue weighted by molar-refractivity contribution is 0.668. The summed E-state index contributed by atoms with van der Waals surface area (Å²) in [6, 6.07) is 35.7. The van der Waals surface area contributed by atoms with Crippen LogP contribution in [0.2, 0.25) is 5.02 Å². The first kappa shape index (κ1) is 22.0. The highest BCUT2D eigenvalue weighted by Crippen LogP contribution is 2.37. The number of fused-ring (bicyclic) bond motifs is 6. The second-order valence-electron chi connectivity index (χ2n) is 9.41. The molecule has 0 saturated heterocycles. The van der Waals surface area contributed by atoms with Crippen molar-refractivity contribution in [1.82, 2.24) is 15.0 Å². The van der Waals surface area contributed by atoms with Crippen molar-refractivity contribution >= 4 is 55.5 Å². The molecule has 184 valence electrons. The molecule has 0 saturated carbocycles. The summed E-state index contributed by atoms with van der Waals surface area (Å²) in [5.41, 5.74) is 5.64. The lowest BCUT2D eigenvalue weighted by Gasteiger charge is -2.08. The summed E-state index contributed by atoms with van der Waals surface area (Å²) in [5, 5.41) is 4.71. The summed E-state index contributed by atoms with van der Waals surface area (Å²) in [5.74, 6) is 1.67. The monoisotopic (exact) mass is 523 g/mol. The Kier molecular flexibility index (Phi) is 4.81. The van der Waals surface area contributed by atoms with Gasteiger partial charge in [-0.2, -0.15) is 0 Å². The predicted octanol–water partition coefficient (Wildman–Crippen LogP) is 9.32. The van der Waals surface area contributed by atoms with Crippen LogP contribution in [0.25, 0.3) is 78.0 Å². The Morgan fingerprint density at radius 1 is 0.462 bits per heavy atom. The second-order valence-corrected chi connectivity index (χ2v) is 9.84. The van der Waals surface area contributed by atoms with Crippen molar-refractivity contribution in [3.05, 3.63) is 114 Å². The average Bonchev–Trinajstić information content (AvgIpc) is 3.55. The van der Waals surface area contributed by atoms with Crippen molar-refractivity contribution in [3.63, 3.8) is 0 Å². The zero-order valence-electron chi connectivity index (χ0n) is 20.4. The van der Waals surface area contributed by atoms with Crippen LogP contribution in [-0.2, 0) is 0 Å². The molecule has 0 atom stereocenters. The summed E-state index contributed by atoms with van der Waals surface area (Å²) >= 11 is 6.25. The van der Waals surface area contributed by atoms with Gasteiger partial charge in [0.25, 0.3) is 0 Å². The van der Waals surface area contributed by atoms with Gasteiger partial charge in [-0.15, -0.1) is 0 Å². The van der Waals surface area contributed by atoms with Crippen molar-refractivity contribution in [1.29, 1.82) is 0 Å². The minimum Gasteiger partial charge on any atom is -0.456 e. The Labute approximate surface area is 227 Å². The van der Waals surface area contributed by atoms with Crippen LogP contribution >= 0.6 is 11.6 Å².